The number of allylic oxidation sites excluding steroid dienone is 2. The fourth-order valence-corrected chi connectivity index (χ4v) is 0.990. The molecule has 0 aromatic carbocycles. The molecule has 1 aliphatic rings. The summed E-state index contributed by atoms with van der Waals surface area (Å²) in [7, 11) is 0. The third-order valence-electron chi connectivity index (χ3n) is 0.769. The predicted octanol–water partition coefficient (Wildman–Crippen LogP) is 2.01. The van der Waals surface area contributed by atoms with E-state index in [1.807, 2.05) is 12.2 Å². The van der Waals surface area contributed by atoms with Crippen LogP contribution in [-0.4, -0.2) is 5.25 Å². The Balaban J connectivity index is 2.49. The van der Waals surface area contributed by atoms with Gasteiger partial charge in [-0.05, 0) is 12.3 Å². The van der Waals surface area contributed by atoms with Crippen LogP contribution in [0.25, 0.3) is 0 Å². The molecular weight excluding hydrogens is 104 g/mol. The molecule has 0 aliphatic carbocycles. The summed E-state index contributed by atoms with van der Waals surface area (Å²) < 4.78 is 0. The molecule has 37 valence electrons. The van der Waals surface area contributed by atoms with E-state index in [-0.39, 0.29) is 0 Å². The van der Waals surface area contributed by atoms with E-state index in [4.69, 9.17) is 0 Å². The highest BCUT2D eigenvalue weighted by molar-refractivity contribution is 8.03. The van der Waals surface area contributed by atoms with Crippen LogP contribution in [0.2, 0.25) is 0 Å². The molecule has 0 aromatic heterocycles. The molecule has 1 radical (unpaired) electrons. The van der Waals surface area contributed by atoms with Gasteiger partial charge in [0.2, 0.25) is 0 Å². The fraction of sp³-hybridized carbons (Fsp3) is 0.167. The average Bonchev–Trinajstić information content (AvgIpc) is 1.69. The summed E-state index contributed by atoms with van der Waals surface area (Å²) in [5.74, 6) is 0. The summed E-state index contributed by atoms with van der Waals surface area (Å²) in [5, 5.41) is 2.49. The zero-order chi connectivity index (χ0) is 5.11. The summed E-state index contributed by atoms with van der Waals surface area (Å²) in [6, 6.07) is 0. The minimum absolute atomic E-state index is 0.435. The van der Waals surface area contributed by atoms with Gasteiger partial charge in [-0.15, -0.1) is 11.8 Å². The van der Waals surface area contributed by atoms with Gasteiger partial charge in [-0.25, -0.2) is 0 Å². The van der Waals surface area contributed by atoms with Crippen LogP contribution >= 0.6 is 11.8 Å². The fourth-order valence-electron chi connectivity index (χ4n) is 0.425. The van der Waals surface area contributed by atoms with E-state index in [9.17, 15) is 0 Å². The highest BCUT2D eigenvalue weighted by Crippen LogP contribution is 2.15. The van der Waals surface area contributed by atoms with Crippen molar-refractivity contribution < 1.29 is 0 Å². The van der Waals surface area contributed by atoms with E-state index in [0.717, 1.165) is 0 Å². The summed E-state index contributed by atoms with van der Waals surface area (Å²) in [6.45, 7) is 3.82. The summed E-state index contributed by atoms with van der Waals surface area (Å²) in [5.41, 5.74) is 0. The van der Waals surface area contributed by atoms with E-state index < -0.39 is 0 Å². The predicted molar refractivity (Wildman–Crippen MR) is 35.0 cm³/mol. The lowest BCUT2D eigenvalue weighted by Gasteiger charge is -2.01. The van der Waals surface area contributed by atoms with Crippen molar-refractivity contribution in [3.8, 4) is 0 Å². The maximum Gasteiger partial charge on any atom is 0.0272 e. The van der Waals surface area contributed by atoms with Crippen LogP contribution in [0.4, 0.5) is 0 Å². The molecule has 1 heterocycles. The van der Waals surface area contributed by atoms with E-state index in [1.165, 1.54) is 0 Å². The van der Waals surface area contributed by atoms with Gasteiger partial charge in [0, 0.05) is 5.25 Å². The Labute approximate surface area is 48.3 Å². The molecule has 0 saturated heterocycles. The van der Waals surface area contributed by atoms with E-state index in [1.54, 1.807) is 11.8 Å². The number of hydrogen-bond acceptors (Lipinski definition) is 1. The van der Waals surface area contributed by atoms with Crippen LogP contribution in [-0.2, 0) is 0 Å². The Morgan fingerprint density at radius 3 is 2.57 bits per heavy atom. The molecule has 1 aliphatic heterocycles. The van der Waals surface area contributed by atoms with Crippen LogP contribution in [0.5, 0.6) is 0 Å². The van der Waals surface area contributed by atoms with Gasteiger partial charge in [-0.1, -0.05) is 18.2 Å². The van der Waals surface area contributed by atoms with Gasteiger partial charge in [-0.2, -0.15) is 0 Å². The molecule has 0 bridgehead atoms. The molecule has 0 spiro atoms. The molecule has 0 amide bonds. The van der Waals surface area contributed by atoms with Gasteiger partial charge in [-0.3, -0.25) is 0 Å². The van der Waals surface area contributed by atoms with Crippen LogP contribution in [0.15, 0.2) is 23.6 Å². The van der Waals surface area contributed by atoms with Crippen molar-refractivity contribution in [2.24, 2.45) is 0 Å². The maximum atomic E-state index is 3.82. The largest absolute Gasteiger partial charge is 0.127 e. The molecular formula is C6H7S. The lowest BCUT2D eigenvalue weighted by Crippen LogP contribution is -1.88. The molecule has 1 atom stereocenters. The van der Waals surface area contributed by atoms with Crippen LogP contribution < -0.4 is 0 Å². The molecule has 1 rings (SSSR count). The number of rotatable bonds is 0. The minimum atomic E-state index is 0.435. The van der Waals surface area contributed by atoms with Crippen molar-refractivity contribution in [2.75, 3.05) is 0 Å². The zero-order valence-electron chi connectivity index (χ0n) is 4.00. The third-order valence-corrected chi connectivity index (χ3v) is 1.59. The molecule has 1 unspecified atom stereocenters. The van der Waals surface area contributed by atoms with Crippen LogP contribution in [0.3, 0.4) is 0 Å². The lowest BCUT2D eigenvalue weighted by atomic mass is 10.4. The standard InChI is InChI=1S/C6H7S/c1-6-4-2-3-5-7-6/h2-6H,1H2. The number of hydrogen-bond donors (Lipinski definition) is 0. The molecule has 0 saturated carbocycles. The highest BCUT2D eigenvalue weighted by Gasteiger charge is 1.93. The van der Waals surface area contributed by atoms with Gasteiger partial charge in [0.1, 0.15) is 0 Å². The average molecular weight is 111 g/mol. The molecule has 0 fully saturated rings. The third kappa shape index (κ3) is 1.39. The minimum Gasteiger partial charge on any atom is -0.127 e. The summed E-state index contributed by atoms with van der Waals surface area (Å²) >= 11 is 1.74. The summed E-state index contributed by atoms with van der Waals surface area (Å²) in [4.78, 5) is 0. The zero-order valence-corrected chi connectivity index (χ0v) is 4.82. The van der Waals surface area contributed by atoms with Crippen molar-refractivity contribution in [3.63, 3.8) is 0 Å². The first-order chi connectivity index (χ1) is 3.39. The quantitative estimate of drug-likeness (QED) is 0.460. The Bertz CT molecular complexity index is 103. The Kier molecular flexibility index (Phi) is 1.58. The van der Waals surface area contributed by atoms with Gasteiger partial charge in [0.15, 0.2) is 0 Å². The van der Waals surface area contributed by atoms with Gasteiger partial charge < -0.3 is 0 Å². The van der Waals surface area contributed by atoms with Crippen molar-refractivity contribution in [2.45, 2.75) is 5.25 Å². The van der Waals surface area contributed by atoms with Crippen molar-refractivity contribution in [1.82, 2.24) is 0 Å². The summed E-state index contributed by atoms with van der Waals surface area (Å²) in [6.07, 6.45) is 6.12. The second kappa shape index (κ2) is 2.22. The molecule has 0 aromatic rings. The van der Waals surface area contributed by atoms with E-state index in [2.05, 4.69) is 18.4 Å². The smallest absolute Gasteiger partial charge is 0.0272 e. The molecule has 7 heavy (non-hydrogen) atoms. The maximum absolute atomic E-state index is 3.82. The van der Waals surface area contributed by atoms with Gasteiger partial charge in [0.05, 0.1) is 0 Å². The first-order valence-electron chi connectivity index (χ1n) is 2.21. The Hall–Kier alpha value is -0.170. The normalized spacial score (nSPS) is 28.4. The van der Waals surface area contributed by atoms with E-state index in [0.29, 0.717) is 5.25 Å². The Morgan fingerprint density at radius 2 is 2.29 bits per heavy atom. The topological polar surface area (TPSA) is 0 Å². The van der Waals surface area contributed by atoms with Crippen molar-refractivity contribution in [1.29, 1.82) is 0 Å². The van der Waals surface area contributed by atoms with Crippen molar-refractivity contribution >= 4 is 11.8 Å². The second-order valence-electron chi connectivity index (χ2n) is 1.39. The Morgan fingerprint density at radius 1 is 1.43 bits per heavy atom. The van der Waals surface area contributed by atoms with Gasteiger partial charge >= 0.3 is 0 Å². The van der Waals surface area contributed by atoms with Crippen LogP contribution in [0.1, 0.15) is 0 Å². The second-order valence-corrected chi connectivity index (χ2v) is 2.54. The highest BCUT2D eigenvalue weighted by atomic mass is 32.2. The van der Waals surface area contributed by atoms with Gasteiger partial charge in [0.25, 0.3) is 0 Å². The number of thioether (sulfide) groups is 1. The first kappa shape index (κ1) is 4.98. The van der Waals surface area contributed by atoms with Crippen molar-refractivity contribution in [3.05, 3.63) is 30.6 Å². The molecule has 0 nitrogen and oxygen atoms in total. The molecule has 0 N–H and O–H groups in total. The lowest BCUT2D eigenvalue weighted by molar-refractivity contribution is 1.42. The van der Waals surface area contributed by atoms with Crippen LogP contribution in [0, 0.1) is 6.92 Å². The molecule has 1 heteroatoms. The monoisotopic (exact) mass is 111 g/mol. The SMILES string of the molecule is [CH2]C1C=CC=CS1. The van der Waals surface area contributed by atoms with E-state index >= 15 is 0 Å². The first-order valence-corrected chi connectivity index (χ1v) is 3.16.